The Balaban J connectivity index is 3.11. The summed E-state index contributed by atoms with van der Waals surface area (Å²) in [6.07, 6.45) is 30.3. The van der Waals surface area contributed by atoms with Crippen LogP contribution in [0.3, 0.4) is 0 Å². The van der Waals surface area contributed by atoms with Crippen LogP contribution in [0.25, 0.3) is 0 Å². The normalized spacial score (nSPS) is 12.6. The molecule has 0 rings (SSSR count). The van der Waals surface area contributed by atoms with Gasteiger partial charge in [-0.05, 0) is 12.8 Å². The molecule has 1 unspecified atom stereocenters. The Bertz CT molecular complexity index is 226. The lowest BCUT2D eigenvalue weighted by molar-refractivity contribution is 0.527. The predicted molar refractivity (Wildman–Crippen MR) is 121 cm³/mol. The maximum absolute atomic E-state index is 3.91. The van der Waals surface area contributed by atoms with Crippen LogP contribution in [0.15, 0.2) is 0 Å². The summed E-state index contributed by atoms with van der Waals surface area (Å²) < 4.78 is 0. The fourth-order valence-electron chi connectivity index (χ4n) is 3.67. The molecule has 0 spiro atoms. The van der Waals surface area contributed by atoms with Crippen molar-refractivity contribution >= 4 is 15.9 Å². The second kappa shape index (κ2) is 22.5. The molecule has 0 saturated carbocycles. The van der Waals surface area contributed by atoms with Gasteiger partial charge in [-0.1, -0.05) is 152 Å². The fourth-order valence-corrected chi connectivity index (χ4v) is 4.32. The highest BCUT2D eigenvalue weighted by molar-refractivity contribution is 9.09. The Morgan fingerprint density at radius 3 is 0.920 bits per heavy atom. The zero-order chi connectivity index (χ0) is 18.4. The molecule has 0 aromatic carbocycles. The van der Waals surface area contributed by atoms with Crippen LogP contribution in [0, 0.1) is 0 Å². The number of hydrogen-bond donors (Lipinski definition) is 0. The van der Waals surface area contributed by atoms with Gasteiger partial charge in [0.05, 0.1) is 0 Å². The molecule has 0 heterocycles. The summed E-state index contributed by atoms with van der Waals surface area (Å²) >= 11 is 3.91. The molecule has 0 bridgehead atoms. The second-order valence-corrected chi connectivity index (χ2v) is 9.48. The van der Waals surface area contributed by atoms with Gasteiger partial charge in [0.25, 0.3) is 0 Å². The van der Waals surface area contributed by atoms with E-state index in [1.165, 1.54) is 135 Å². The van der Waals surface area contributed by atoms with E-state index in [4.69, 9.17) is 0 Å². The molecule has 0 aliphatic heterocycles. The molecule has 1 atom stereocenters. The van der Waals surface area contributed by atoms with Crippen LogP contribution in [-0.2, 0) is 0 Å². The minimum Gasteiger partial charge on any atom is -0.0891 e. The Morgan fingerprint density at radius 1 is 0.400 bits per heavy atom. The smallest absolute Gasteiger partial charge is 0.0145 e. The molecule has 0 aromatic rings. The van der Waals surface area contributed by atoms with Crippen molar-refractivity contribution in [3.8, 4) is 0 Å². The largest absolute Gasteiger partial charge is 0.0891 e. The van der Waals surface area contributed by atoms with E-state index >= 15 is 0 Å². The number of halogens is 1. The van der Waals surface area contributed by atoms with E-state index in [9.17, 15) is 0 Å². The van der Waals surface area contributed by atoms with Gasteiger partial charge in [0.1, 0.15) is 0 Å². The molecule has 25 heavy (non-hydrogen) atoms. The lowest BCUT2D eigenvalue weighted by Crippen LogP contribution is -1.97. The molecule has 152 valence electrons. The van der Waals surface area contributed by atoms with Gasteiger partial charge in [-0.15, -0.1) is 0 Å². The highest BCUT2D eigenvalue weighted by Crippen LogP contribution is 2.20. The predicted octanol–water partition coefficient (Wildman–Crippen LogP) is 9.98. The zero-order valence-electron chi connectivity index (χ0n) is 17.8. The van der Waals surface area contributed by atoms with Crippen molar-refractivity contribution in [1.82, 2.24) is 0 Å². The lowest BCUT2D eigenvalue weighted by Gasteiger charge is -2.09. The summed E-state index contributed by atoms with van der Waals surface area (Å²) in [5.74, 6) is 0. The van der Waals surface area contributed by atoms with Gasteiger partial charge in [-0.3, -0.25) is 0 Å². The summed E-state index contributed by atoms with van der Waals surface area (Å²) in [5, 5.41) is 0. The second-order valence-electron chi connectivity index (χ2n) is 8.19. The topological polar surface area (TPSA) is 0 Å². The number of unbranched alkanes of at least 4 members (excludes halogenated alkanes) is 17. The molecule has 0 nitrogen and oxygen atoms in total. The first-order valence-corrected chi connectivity index (χ1v) is 12.9. The molecule has 0 saturated heterocycles. The fraction of sp³-hybridized carbons (Fsp3) is 1.00. The molecule has 0 aromatic heterocycles. The first-order valence-electron chi connectivity index (χ1n) is 11.9. The Labute approximate surface area is 169 Å². The van der Waals surface area contributed by atoms with E-state index in [2.05, 4.69) is 29.8 Å². The quantitative estimate of drug-likeness (QED) is 0.129. The number of alkyl halides is 1. The molecule has 0 amide bonds. The molecule has 1 heteroatoms. The zero-order valence-corrected chi connectivity index (χ0v) is 19.4. The van der Waals surface area contributed by atoms with Crippen molar-refractivity contribution in [2.75, 3.05) is 0 Å². The highest BCUT2D eigenvalue weighted by atomic mass is 79.9. The van der Waals surface area contributed by atoms with Crippen LogP contribution in [-0.4, -0.2) is 4.83 Å². The minimum atomic E-state index is 0.783. The van der Waals surface area contributed by atoms with Gasteiger partial charge < -0.3 is 0 Å². The van der Waals surface area contributed by atoms with Gasteiger partial charge >= 0.3 is 0 Å². The SMILES string of the molecule is CCCCCCCCCCCCCC(Br)CCCCCCCCCC. The van der Waals surface area contributed by atoms with Crippen LogP contribution >= 0.6 is 15.9 Å². The third-order valence-corrected chi connectivity index (χ3v) is 6.41. The third kappa shape index (κ3) is 22.4. The van der Waals surface area contributed by atoms with Crippen LogP contribution in [0.1, 0.15) is 149 Å². The highest BCUT2D eigenvalue weighted by Gasteiger charge is 2.03. The maximum atomic E-state index is 3.91. The van der Waals surface area contributed by atoms with Crippen LogP contribution in [0.4, 0.5) is 0 Å². The Hall–Kier alpha value is 0.480. The molecular weight excluding hydrogens is 368 g/mol. The van der Waals surface area contributed by atoms with E-state index in [1.807, 2.05) is 0 Å². The summed E-state index contributed by atoms with van der Waals surface area (Å²) in [6.45, 7) is 4.60. The monoisotopic (exact) mass is 416 g/mol. The first-order chi connectivity index (χ1) is 12.3. The summed E-state index contributed by atoms with van der Waals surface area (Å²) in [6, 6.07) is 0. The maximum Gasteiger partial charge on any atom is 0.0145 e. The van der Waals surface area contributed by atoms with E-state index in [1.54, 1.807) is 0 Å². The van der Waals surface area contributed by atoms with E-state index in [-0.39, 0.29) is 0 Å². The molecule has 0 aliphatic rings. The van der Waals surface area contributed by atoms with Gasteiger partial charge in [-0.25, -0.2) is 0 Å². The first kappa shape index (κ1) is 25.5. The standard InChI is InChI=1S/C24H49Br/c1-3-5-7-9-11-13-14-15-17-19-21-23-24(25)22-20-18-16-12-10-8-6-4-2/h24H,3-23H2,1-2H3. The van der Waals surface area contributed by atoms with Crippen molar-refractivity contribution in [2.45, 2.75) is 154 Å². The van der Waals surface area contributed by atoms with Gasteiger partial charge in [0.15, 0.2) is 0 Å². The van der Waals surface area contributed by atoms with Crippen LogP contribution in [0.5, 0.6) is 0 Å². The van der Waals surface area contributed by atoms with E-state index in [0.29, 0.717) is 0 Å². The van der Waals surface area contributed by atoms with Crippen molar-refractivity contribution < 1.29 is 0 Å². The lowest BCUT2D eigenvalue weighted by atomic mass is 10.0. The third-order valence-electron chi connectivity index (χ3n) is 5.49. The Kier molecular flexibility index (Phi) is 23.0. The molecule has 0 fully saturated rings. The van der Waals surface area contributed by atoms with Crippen molar-refractivity contribution in [1.29, 1.82) is 0 Å². The molecule has 0 aliphatic carbocycles. The van der Waals surface area contributed by atoms with E-state index < -0.39 is 0 Å². The van der Waals surface area contributed by atoms with Crippen LogP contribution in [0.2, 0.25) is 0 Å². The van der Waals surface area contributed by atoms with Crippen molar-refractivity contribution in [3.05, 3.63) is 0 Å². The summed E-state index contributed by atoms with van der Waals surface area (Å²) in [7, 11) is 0. The molecule has 0 radical (unpaired) electrons. The van der Waals surface area contributed by atoms with E-state index in [0.717, 1.165) is 4.83 Å². The number of rotatable bonds is 21. The Morgan fingerprint density at radius 2 is 0.640 bits per heavy atom. The minimum absolute atomic E-state index is 0.783. The van der Waals surface area contributed by atoms with Gasteiger partial charge in [0, 0.05) is 4.83 Å². The average molecular weight is 418 g/mol. The summed E-state index contributed by atoms with van der Waals surface area (Å²) in [4.78, 5) is 0.783. The molecular formula is C24H49Br. The average Bonchev–Trinajstić information content (AvgIpc) is 2.62. The number of hydrogen-bond acceptors (Lipinski definition) is 0. The van der Waals surface area contributed by atoms with Gasteiger partial charge in [0.2, 0.25) is 0 Å². The van der Waals surface area contributed by atoms with Crippen molar-refractivity contribution in [2.24, 2.45) is 0 Å². The molecule has 0 N–H and O–H groups in total. The van der Waals surface area contributed by atoms with Gasteiger partial charge in [-0.2, -0.15) is 0 Å². The van der Waals surface area contributed by atoms with Crippen LogP contribution < -0.4 is 0 Å². The van der Waals surface area contributed by atoms with Crippen molar-refractivity contribution in [3.63, 3.8) is 0 Å². The summed E-state index contributed by atoms with van der Waals surface area (Å²) in [5.41, 5.74) is 0.